The van der Waals surface area contributed by atoms with Crippen molar-refractivity contribution in [1.29, 1.82) is 0 Å². The molecule has 0 saturated carbocycles. The van der Waals surface area contributed by atoms with Gasteiger partial charge in [0.15, 0.2) is 0 Å². The van der Waals surface area contributed by atoms with Gasteiger partial charge in [-0.1, -0.05) is 12.1 Å². The Labute approximate surface area is 134 Å². The number of rotatable bonds is 3. The normalized spacial score (nSPS) is 13.4. The first-order valence-electron chi connectivity index (χ1n) is 7.47. The van der Waals surface area contributed by atoms with E-state index in [1.54, 1.807) is 24.3 Å². The molecule has 0 bridgehead atoms. The lowest BCUT2D eigenvalue weighted by Crippen LogP contribution is -2.36. The quantitative estimate of drug-likeness (QED) is 0.871. The maximum atomic E-state index is 14.3. The molecule has 0 atom stereocenters. The zero-order chi connectivity index (χ0) is 16.4. The summed E-state index contributed by atoms with van der Waals surface area (Å²) in [6.07, 6.45) is 1.57. The van der Waals surface area contributed by atoms with Crippen LogP contribution in [0.25, 0.3) is 0 Å². The number of halogens is 1. The summed E-state index contributed by atoms with van der Waals surface area (Å²) in [7, 11) is 3.04. The van der Waals surface area contributed by atoms with Gasteiger partial charge in [0.25, 0.3) is 5.91 Å². The van der Waals surface area contributed by atoms with Gasteiger partial charge in [-0.3, -0.25) is 4.79 Å². The molecule has 3 rings (SSSR count). The summed E-state index contributed by atoms with van der Waals surface area (Å²) in [4.78, 5) is 14.5. The van der Waals surface area contributed by atoms with Gasteiger partial charge in [0, 0.05) is 6.54 Å². The number of ether oxygens (including phenoxy) is 2. The van der Waals surface area contributed by atoms with Gasteiger partial charge in [-0.25, -0.2) is 4.39 Å². The monoisotopic (exact) mass is 315 g/mol. The number of anilines is 1. The van der Waals surface area contributed by atoms with E-state index >= 15 is 0 Å². The number of aryl methyl sites for hydroxylation is 1. The molecule has 2 aromatic rings. The maximum absolute atomic E-state index is 14.3. The third kappa shape index (κ3) is 2.74. The Morgan fingerprint density at radius 1 is 1.17 bits per heavy atom. The molecule has 0 saturated heterocycles. The van der Waals surface area contributed by atoms with Crippen LogP contribution in [0.3, 0.4) is 0 Å². The zero-order valence-corrected chi connectivity index (χ0v) is 13.1. The summed E-state index contributed by atoms with van der Waals surface area (Å²) in [5.74, 6) is 0.336. The average Bonchev–Trinajstić information content (AvgIpc) is 2.60. The maximum Gasteiger partial charge on any atom is 0.262 e. The van der Waals surface area contributed by atoms with Crippen LogP contribution in [-0.2, 0) is 6.42 Å². The Morgan fingerprint density at radius 3 is 2.74 bits per heavy atom. The number of fused-ring (bicyclic) bond motifs is 1. The van der Waals surface area contributed by atoms with E-state index < -0.39 is 0 Å². The molecule has 0 fully saturated rings. The van der Waals surface area contributed by atoms with E-state index in [2.05, 4.69) is 0 Å². The average molecular weight is 315 g/mol. The van der Waals surface area contributed by atoms with Crippen LogP contribution in [-0.4, -0.2) is 26.7 Å². The van der Waals surface area contributed by atoms with Gasteiger partial charge in [0.2, 0.25) is 0 Å². The topological polar surface area (TPSA) is 38.8 Å². The molecule has 2 aromatic carbocycles. The number of nitrogens with zero attached hydrogens (tertiary/aromatic N) is 1. The predicted molar refractivity (Wildman–Crippen MR) is 85.9 cm³/mol. The van der Waals surface area contributed by atoms with Crippen LogP contribution in [0.2, 0.25) is 0 Å². The number of para-hydroxylation sites is 1. The van der Waals surface area contributed by atoms with Gasteiger partial charge in [-0.15, -0.1) is 0 Å². The van der Waals surface area contributed by atoms with Crippen LogP contribution < -0.4 is 14.4 Å². The van der Waals surface area contributed by atoms with Crippen LogP contribution in [0.4, 0.5) is 10.1 Å². The third-order valence-electron chi connectivity index (χ3n) is 4.05. The second-order valence-electron chi connectivity index (χ2n) is 5.37. The van der Waals surface area contributed by atoms with E-state index in [1.165, 1.54) is 25.2 Å². The Bertz CT molecular complexity index is 745. The molecule has 23 heavy (non-hydrogen) atoms. The van der Waals surface area contributed by atoms with Crippen molar-refractivity contribution in [3.63, 3.8) is 0 Å². The summed E-state index contributed by atoms with van der Waals surface area (Å²) in [6.45, 7) is 0.479. The van der Waals surface area contributed by atoms with E-state index in [-0.39, 0.29) is 11.7 Å². The molecule has 0 unspecified atom stereocenters. The molecule has 0 aromatic heterocycles. The summed E-state index contributed by atoms with van der Waals surface area (Å²) >= 11 is 0. The number of carbonyl (C=O) groups is 1. The lowest BCUT2D eigenvalue weighted by molar-refractivity contribution is 0.0981. The van der Waals surface area contributed by atoms with Crippen molar-refractivity contribution in [1.82, 2.24) is 0 Å². The van der Waals surface area contributed by atoms with Gasteiger partial charge in [-0.05, 0) is 42.7 Å². The summed E-state index contributed by atoms with van der Waals surface area (Å²) in [6, 6.07) is 9.94. The van der Waals surface area contributed by atoms with Crippen LogP contribution in [0.5, 0.6) is 11.5 Å². The fraction of sp³-hybridized carbons (Fsp3) is 0.278. The summed E-state index contributed by atoms with van der Waals surface area (Å²) < 4.78 is 24.7. The van der Waals surface area contributed by atoms with E-state index in [0.717, 1.165) is 18.4 Å². The second kappa shape index (κ2) is 6.28. The molecule has 1 aliphatic heterocycles. The van der Waals surface area contributed by atoms with Gasteiger partial charge >= 0.3 is 0 Å². The minimum absolute atomic E-state index is 0.285. The number of hydrogen-bond donors (Lipinski definition) is 0. The minimum atomic E-state index is -0.377. The lowest BCUT2D eigenvalue weighted by Gasteiger charge is -2.30. The van der Waals surface area contributed by atoms with E-state index in [9.17, 15) is 9.18 Å². The summed E-state index contributed by atoms with van der Waals surface area (Å²) in [5, 5.41) is 0. The molecule has 0 N–H and O–H groups in total. The zero-order valence-electron chi connectivity index (χ0n) is 13.1. The second-order valence-corrected chi connectivity index (χ2v) is 5.37. The Hall–Kier alpha value is -2.56. The van der Waals surface area contributed by atoms with Crippen molar-refractivity contribution < 1.29 is 18.7 Å². The standard InChI is InChI=1S/C18H18FNO3/c1-22-13-8-9-16(23-2)14(11-13)18(21)20-10-4-6-12-5-3-7-15(19)17(12)20/h3,5,7-9,11H,4,6,10H2,1-2H3. The van der Waals surface area contributed by atoms with Gasteiger partial charge in [-0.2, -0.15) is 0 Å². The highest BCUT2D eigenvalue weighted by Crippen LogP contribution is 2.33. The van der Waals surface area contributed by atoms with Crippen LogP contribution in [0.1, 0.15) is 22.3 Å². The Kier molecular flexibility index (Phi) is 4.19. The Morgan fingerprint density at radius 2 is 2.00 bits per heavy atom. The highest BCUT2D eigenvalue weighted by molar-refractivity contribution is 6.08. The van der Waals surface area contributed by atoms with Crippen LogP contribution >= 0.6 is 0 Å². The van der Waals surface area contributed by atoms with Crippen molar-refractivity contribution in [3.8, 4) is 11.5 Å². The largest absolute Gasteiger partial charge is 0.497 e. The van der Waals surface area contributed by atoms with Crippen LogP contribution in [0, 0.1) is 5.82 Å². The fourth-order valence-corrected chi connectivity index (χ4v) is 2.93. The molecule has 5 heteroatoms. The molecule has 120 valence electrons. The fourth-order valence-electron chi connectivity index (χ4n) is 2.93. The third-order valence-corrected chi connectivity index (χ3v) is 4.05. The van der Waals surface area contributed by atoms with Gasteiger partial charge < -0.3 is 14.4 Å². The van der Waals surface area contributed by atoms with Crippen molar-refractivity contribution in [2.75, 3.05) is 25.7 Å². The smallest absolute Gasteiger partial charge is 0.262 e. The molecule has 0 aliphatic carbocycles. The Balaban J connectivity index is 2.06. The van der Waals surface area contributed by atoms with Gasteiger partial charge in [0.1, 0.15) is 17.3 Å². The lowest BCUT2D eigenvalue weighted by atomic mass is 10.00. The number of benzene rings is 2. The highest BCUT2D eigenvalue weighted by atomic mass is 19.1. The first-order chi connectivity index (χ1) is 11.2. The minimum Gasteiger partial charge on any atom is -0.497 e. The number of amides is 1. The highest BCUT2D eigenvalue weighted by Gasteiger charge is 2.28. The van der Waals surface area contributed by atoms with Gasteiger partial charge in [0.05, 0.1) is 25.5 Å². The molecular weight excluding hydrogens is 297 g/mol. The first kappa shape index (κ1) is 15.3. The van der Waals surface area contributed by atoms with Crippen molar-refractivity contribution >= 4 is 11.6 Å². The SMILES string of the molecule is COc1ccc(OC)c(C(=O)N2CCCc3cccc(F)c32)c1. The molecular formula is C18H18FNO3. The molecule has 4 nitrogen and oxygen atoms in total. The summed E-state index contributed by atoms with van der Waals surface area (Å²) in [5.41, 5.74) is 1.59. The first-order valence-corrected chi connectivity index (χ1v) is 7.47. The van der Waals surface area contributed by atoms with E-state index in [1.807, 2.05) is 6.07 Å². The predicted octanol–water partition coefficient (Wildman–Crippen LogP) is 3.44. The van der Waals surface area contributed by atoms with Crippen LogP contribution in [0.15, 0.2) is 36.4 Å². The molecule has 1 amide bonds. The van der Waals surface area contributed by atoms with Crippen molar-refractivity contribution in [2.45, 2.75) is 12.8 Å². The number of hydrogen-bond acceptors (Lipinski definition) is 3. The number of methoxy groups -OCH3 is 2. The molecule has 1 aliphatic rings. The van der Waals surface area contributed by atoms with E-state index in [4.69, 9.17) is 9.47 Å². The van der Waals surface area contributed by atoms with Crippen molar-refractivity contribution in [2.24, 2.45) is 0 Å². The molecule has 0 radical (unpaired) electrons. The van der Waals surface area contributed by atoms with E-state index in [0.29, 0.717) is 29.3 Å². The molecule has 0 spiro atoms. The van der Waals surface area contributed by atoms with Crippen molar-refractivity contribution in [3.05, 3.63) is 53.3 Å². The number of carbonyl (C=O) groups excluding carboxylic acids is 1. The molecule has 1 heterocycles.